The zero-order valence-corrected chi connectivity index (χ0v) is 13.5. The van der Waals surface area contributed by atoms with Gasteiger partial charge in [0.25, 0.3) is 0 Å². The van der Waals surface area contributed by atoms with Crippen LogP contribution in [-0.4, -0.2) is 27.4 Å². The Hall–Kier alpha value is -3.62. The van der Waals surface area contributed by atoms with E-state index in [4.69, 9.17) is 10.8 Å². The third-order valence-electron chi connectivity index (χ3n) is 3.33. The van der Waals surface area contributed by atoms with Gasteiger partial charge < -0.3 is 16.2 Å². The number of allylic oxidation sites excluding steroid dienone is 1. The third kappa shape index (κ3) is 4.02. The first-order valence-electron chi connectivity index (χ1n) is 7.37. The van der Waals surface area contributed by atoms with Crippen molar-refractivity contribution in [3.8, 4) is 12.1 Å². The van der Waals surface area contributed by atoms with Gasteiger partial charge in [-0.2, -0.15) is 15.6 Å². The molecule has 0 atom stereocenters. The molecule has 4 N–H and O–H groups in total. The molecule has 0 saturated heterocycles. The van der Waals surface area contributed by atoms with Gasteiger partial charge in [-0.1, -0.05) is 12.1 Å². The van der Waals surface area contributed by atoms with Crippen LogP contribution in [0.4, 0.5) is 11.5 Å². The second-order valence-corrected chi connectivity index (χ2v) is 5.14. The van der Waals surface area contributed by atoms with Crippen molar-refractivity contribution in [3.05, 3.63) is 41.1 Å². The minimum Gasteiger partial charge on any atom is -0.394 e. The number of nitriles is 2. The number of aliphatic hydroxyl groups excluding tert-OH is 1. The maximum Gasteiger partial charge on any atom is 0.221 e. The van der Waals surface area contributed by atoms with Gasteiger partial charge in [-0.3, -0.25) is 4.79 Å². The van der Waals surface area contributed by atoms with Gasteiger partial charge in [-0.25, -0.2) is 4.68 Å². The Morgan fingerprint density at radius 1 is 1.40 bits per heavy atom. The minimum absolute atomic E-state index is 0.0936. The molecule has 1 heterocycles. The molecule has 1 aromatic heterocycles. The van der Waals surface area contributed by atoms with Crippen LogP contribution in [0.15, 0.2) is 24.3 Å². The maximum atomic E-state index is 11.0. The summed E-state index contributed by atoms with van der Waals surface area (Å²) in [5.41, 5.74) is 7.61. The highest BCUT2D eigenvalue weighted by Crippen LogP contribution is 2.25. The lowest BCUT2D eigenvalue weighted by Gasteiger charge is -2.02. The van der Waals surface area contributed by atoms with Crippen molar-refractivity contribution in [1.82, 2.24) is 9.78 Å². The molecule has 0 aliphatic heterocycles. The number of hydrogen-bond donors (Lipinski definition) is 3. The monoisotopic (exact) mass is 336 g/mol. The van der Waals surface area contributed by atoms with E-state index in [1.54, 1.807) is 30.3 Å². The van der Waals surface area contributed by atoms with Crippen molar-refractivity contribution in [3.63, 3.8) is 0 Å². The summed E-state index contributed by atoms with van der Waals surface area (Å²) in [6.45, 7) is 1.36. The van der Waals surface area contributed by atoms with Crippen molar-refractivity contribution in [2.45, 2.75) is 13.5 Å². The zero-order valence-electron chi connectivity index (χ0n) is 13.5. The summed E-state index contributed by atoms with van der Waals surface area (Å²) in [4.78, 5) is 11.0. The van der Waals surface area contributed by atoms with Crippen LogP contribution in [0.5, 0.6) is 0 Å². The van der Waals surface area contributed by atoms with Gasteiger partial charge in [-0.15, -0.1) is 0 Å². The fourth-order valence-electron chi connectivity index (χ4n) is 2.23. The number of nitrogens with zero attached hydrogens (tertiary/aromatic N) is 4. The third-order valence-corrected chi connectivity index (χ3v) is 3.33. The lowest BCUT2D eigenvalue weighted by Crippen LogP contribution is -2.07. The summed E-state index contributed by atoms with van der Waals surface area (Å²) in [6, 6.07) is 10.8. The normalized spacial score (nSPS) is 10.8. The summed E-state index contributed by atoms with van der Waals surface area (Å²) in [7, 11) is 0. The molecule has 0 unspecified atom stereocenters. The van der Waals surface area contributed by atoms with Crippen LogP contribution in [0.25, 0.3) is 11.6 Å². The van der Waals surface area contributed by atoms with E-state index in [1.165, 1.54) is 11.6 Å². The Labute approximate surface area is 144 Å². The summed E-state index contributed by atoms with van der Waals surface area (Å²) < 4.78 is 1.29. The Bertz CT molecular complexity index is 897. The number of hydrogen-bond acceptors (Lipinski definition) is 6. The Morgan fingerprint density at radius 3 is 2.60 bits per heavy atom. The fraction of sp³-hybridized carbons (Fsp3) is 0.176. The van der Waals surface area contributed by atoms with Gasteiger partial charge in [0.2, 0.25) is 5.91 Å². The van der Waals surface area contributed by atoms with Crippen molar-refractivity contribution in [2.24, 2.45) is 0 Å². The number of nitrogens with one attached hydrogen (secondary N) is 1. The molecule has 0 bridgehead atoms. The quantitative estimate of drug-likeness (QED) is 0.704. The van der Waals surface area contributed by atoms with E-state index in [0.717, 1.165) is 0 Å². The highest BCUT2D eigenvalue weighted by Gasteiger charge is 2.18. The van der Waals surface area contributed by atoms with Crippen LogP contribution >= 0.6 is 0 Å². The lowest BCUT2D eigenvalue weighted by molar-refractivity contribution is -0.114. The molecule has 0 saturated carbocycles. The average molecular weight is 336 g/mol. The predicted octanol–water partition coefficient (Wildman–Crippen LogP) is 1.35. The zero-order chi connectivity index (χ0) is 18.4. The van der Waals surface area contributed by atoms with Crippen LogP contribution < -0.4 is 11.1 Å². The number of aliphatic hydroxyl groups is 1. The van der Waals surface area contributed by atoms with E-state index in [-0.39, 0.29) is 41.7 Å². The SMILES string of the molecule is CC(=O)Nc1ccc(/C=C(/C#N)c2nn(CCO)c(N)c2C#N)cc1. The van der Waals surface area contributed by atoms with Crippen molar-refractivity contribution >= 4 is 29.1 Å². The molecular weight excluding hydrogens is 320 g/mol. The van der Waals surface area contributed by atoms with E-state index < -0.39 is 0 Å². The Morgan fingerprint density at radius 2 is 2.08 bits per heavy atom. The van der Waals surface area contributed by atoms with Crippen molar-refractivity contribution in [2.75, 3.05) is 17.7 Å². The molecule has 0 spiro atoms. The van der Waals surface area contributed by atoms with Crippen LogP contribution in [0, 0.1) is 22.7 Å². The smallest absolute Gasteiger partial charge is 0.221 e. The van der Waals surface area contributed by atoms with Crippen LogP contribution in [0.2, 0.25) is 0 Å². The number of aromatic nitrogens is 2. The molecule has 8 nitrogen and oxygen atoms in total. The number of carbonyl (C=O) groups excluding carboxylic acids is 1. The first-order chi connectivity index (χ1) is 12.0. The van der Waals surface area contributed by atoms with Gasteiger partial charge in [-0.05, 0) is 23.8 Å². The van der Waals surface area contributed by atoms with Gasteiger partial charge in [0.05, 0.1) is 18.7 Å². The predicted molar refractivity (Wildman–Crippen MR) is 92.7 cm³/mol. The molecular formula is C17H16N6O2. The minimum atomic E-state index is -0.188. The molecule has 25 heavy (non-hydrogen) atoms. The number of benzene rings is 1. The summed E-state index contributed by atoms with van der Waals surface area (Å²) in [5, 5.41) is 34.6. The van der Waals surface area contributed by atoms with Crippen molar-refractivity contribution in [1.29, 1.82) is 10.5 Å². The van der Waals surface area contributed by atoms with Gasteiger partial charge in [0.1, 0.15) is 29.2 Å². The van der Waals surface area contributed by atoms with Crippen LogP contribution in [-0.2, 0) is 11.3 Å². The number of nitrogens with two attached hydrogens (primary N) is 1. The molecule has 2 rings (SSSR count). The van der Waals surface area contributed by atoms with E-state index in [2.05, 4.69) is 10.4 Å². The number of rotatable bonds is 5. The first-order valence-corrected chi connectivity index (χ1v) is 7.37. The average Bonchev–Trinajstić information content (AvgIpc) is 2.90. The Balaban J connectivity index is 2.41. The Kier molecular flexibility index (Phi) is 5.51. The molecule has 0 aliphatic rings. The van der Waals surface area contributed by atoms with Crippen molar-refractivity contribution < 1.29 is 9.90 Å². The summed E-state index contributed by atoms with van der Waals surface area (Å²) >= 11 is 0. The molecule has 8 heteroatoms. The second kappa shape index (κ2) is 7.77. The first kappa shape index (κ1) is 17.7. The largest absolute Gasteiger partial charge is 0.394 e. The lowest BCUT2D eigenvalue weighted by atomic mass is 10.1. The van der Waals surface area contributed by atoms with Crippen LogP contribution in [0.1, 0.15) is 23.7 Å². The molecule has 0 fully saturated rings. The number of carbonyl (C=O) groups is 1. The fourth-order valence-corrected chi connectivity index (χ4v) is 2.23. The van der Waals surface area contributed by atoms with Gasteiger partial charge in [0.15, 0.2) is 0 Å². The standard InChI is InChI=1S/C17H16N6O2/c1-11(25)21-14-4-2-12(3-5-14)8-13(9-18)16-15(10-19)17(20)23(22-16)6-7-24/h2-5,8,24H,6-7,20H2,1H3,(H,21,25)/b13-8-. The maximum absolute atomic E-state index is 11.0. The van der Waals surface area contributed by atoms with Gasteiger partial charge >= 0.3 is 0 Å². The highest BCUT2D eigenvalue weighted by molar-refractivity contribution is 5.92. The van der Waals surface area contributed by atoms with E-state index in [1.807, 2.05) is 12.1 Å². The highest BCUT2D eigenvalue weighted by atomic mass is 16.3. The molecule has 126 valence electrons. The number of nitrogen functional groups attached to an aromatic ring is 1. The molecule has 0 aliphatic carbocycles. The molecule has 0 radical (unpaired) electrons. The molecule has 1 amide bonds. The van der Waals surface area contributed by atoms with E-state index in [0.29, 0.717) is 11.3 Å². The number of anilines is 2. The van der Waals surface area contributed by atoms with Crippen LogP contribution in [0.3, 0.4) is 0 Å². The summed E-state index contributed by atoms with van der Waals surface area (Å²) in [6.07, 6.45) is 1.57. The molecule has 1 aromatic carbocycles. The van der Waals surface area contributed by atoms with E-state index >= 15 is 0 Å². The van der Waals surface area contributed by atoms with E-state index in [9.17, 15) is 15.3 Å². The molecule has 2 aromatic rings. The summed E-state index contributed by atoms with van der Waals surface area (Å²) in [5.74, 6) is -0.0710. The topological polar surface area (TPSA) is 141 Å². The second-order valence-electron chi connectivity index (χ2n) is 5.14. The van der Waals surface area contributed by atoms with Gasteiger partial charge in [0, 0.05) is 12.6 Å². The number of amides is 1.